The predicted molar refractivity (Wildman–Crippen MR) is 92.8 cm³/mol. The summed E-state index contributed by atoms with van der Waals surface area (Å²) in [6.45, 7) is 2.60. The molecule has 0 saturated heterocycles. The van der Waals surface area contributed by atoms with Crippen LogP contribution in [-0.2, 0) is 0 Å². The van der Waals surface area contributed by atoms with Gasteiger partial charge in [-0.25, -0.2) is 9.59 Å². The highest BCUT2D eigenvalue weighted by atomic mass is 16.2. The van der Waals surface area contributed by atoms with E-state index >= 15 is 0 Å². The molecule has 4 N–H and O–H groups in total. The lowest BCUT2D eigenvalue weighted by Crippen LogP contribution is -2.29. The van der Waals surface area contributed by atoms with E-state index in [1.807, 2.05) is 25.1 Å². The van der Waals surface area contributed by atoms with Crippen LogP contribution >= 0.6 is 0 Å². The molecule has 0 fully saturated rings. The lowest BCUT2D eigenvalue weighted by Gasteiger charge is -2.10. The first-order chi connectivity index (χ1) is 11.2. The molecule has 6 nitrogen and oxygen atoms in total. The number of para-hydroxylation sites is 1. The summed E-state index contributed by atoms with van der Waals surface area (Å²) in [5.41, 5.74) is 1.90. The fourth-order valence-corrected chi connectivity index (χ4v) is 1.90. The van der Waals surface area contributed by atoms with E-state index in [0.29, 0.717) is 23.6 Å². The third kappa shape index (κ3) is 5.70. The zero-order valence-electron chi connectivity index (χ0n) is 12.9. The molecule has 2 rings (SSSR count). The van der Waals surface area contributed by atoms with Gasteiger partial charge in [-0.2, -0.15) is 0 Å². The Morgan fingerprint density at radius 3 is 2.00 bits per heavy atom. The first-order valence-corrected chi connectivity index (χ1v) is 7.45. The number of urea groups is 2. The number of carbonyl (C=O) groups is 2. The zero-order valence-corrected chi connectivity index (χ0v) is 12.9. The number of nitrogens with one attached hydrogen (secondary N) is 4. The molecule has 0 aliphatic carbocycles. The Kier molecular flexibility index (Phi) is 5.99. The highest BCUT2D eigenvalue weighted by Crippen LogP contribution is 2.15. The number of carbonyl (C=O) groups excluding carboxylic acids is 2. The van der Waals surface area contributed by atoms with Crippen molar-refractivity contribution in [2.24, 2.45) is 0 Å². The molecule has 2 aromatic carbocycles. The fourth-order valence-electron chi connectivity index (χ4n) is 1.90. The summed E-state index contributed by atoms with van der Waals surface area (Å²) < 4.78 is 0. The minimum atomic E-state index is -0.344. The van der Waals surface area contributed by atoms with Gasteiger partial charge in [-0.15, -0.1) is 0 Å². The van der Waals surface area contributed by atoms with E-state index in [9.17, 15) is 9.59 Å². The van der Waals surface area contributed by atoms with Gasteiger partial charge in [-0.3, -0.25) is 0 Å². The predicted octanol–water partition coefficient (Wildman–Crippen LogP) is 3.86. The van der Waals surface area contributed by atoms with Crippen molar-refractivity contribution >= 4 is 29.1 Å². The topological polar surface area (TPSA) is 82.3 Å². The van der Waals surface area contributed by atoms with Gasteiger partial charge in [0.2, 0.25) is 0 Å². The number of amides is 4. The summed E-state index contributed by atoms with van der Waals surface area (Å²) in [5, 5.41) is 10.9. The molecule has 2 aromatic rings. The molecule has 120 valence electrons. The second-order valence-electron chi connectivity index (χ2n) is 4.91. The van der Waals surface area contributed by atoms with Crippen LogP contribution in [-0.4, -0.2) is 18.6 Å². The van der Waals surface area contributed by atoms with Gasteiger partial charge in [-0.1, -0.05) is 31.2 Å². The normalized spacial score (nSPS) is 9.78. The number of rotatable bonds is 5. The van der Waals surface area contributed by atoms with Gasteiger partial charge >= 0.3 is 12.1 Å². The molecule has 0 bridgehead atoms. The maximum atomic E-state index is 11.9. The average Bonchev–Trinajstić information content (AvgIpc) is 2.54. The Hall–Kier alpha value is -3.02. The van der Waals surface area contributed by atoms with Crippen molar-refractivity contribution in [3.05, 3.63) is 54.6 Å². The quantitative estimate of drug-likeness (QED) is 0.676. The molecule has 6 heteroatoms. The smallest absolute Gasteiger partial charge is 0.323 e. The summed E-state index contributed by atoms with van der Waals surface area (Å²) in [6, 6.07) is 15.5. The van der Waals surface area contributed by atoms with Gasteiger partial charge < -0.3 is 21.3 Å². The van der Waals surface area contributed by atoms with Gasteiger partial charge in [0, 0.05) is 23.6 Å². The highest BCUT2D eigenvalue weighted by molar-refractivity contribution is 6.00. The number of hydrogen-bond acceptors (Lipinski definition) is 2. The van der Waals surface area contributed by atoms with E-state index in [-0.39, 0.29) is 12.1 Å². The molecular weight excluding hydrogens is 292 g/mol. The van der Waals surface area contributed by atoms with Gasteiger partial charge in [0.1, 0.15) is 0 Å². The molecule has 0 atom stereocenters. The maximum Gasteiger partial charge on any atom is 0.323 e. The van der Waals surface area contributed by atoms with E-state index in [2.05, 4.69) is 21.3 Å². The third-order valence-electron chi connectivity index (χ3n) is 2.95. The summed E-state index contributed by atoms with van der Waals surface area (Å²) in [5.74, 6) is 0. The van der Waals surface area contributed by atoms with E-state index in [4.69, 9.17) is 0 Å². The summed E-state index contributed by atoms with van der Waals surface area (Å²) >= 11 is 0. The van der Waals surface area contributed by atoms with E-state index in [1.165, 1.54) is 0 Å². The van der Waals surface area contributed by atoms with Crippen LogP contribution in [0.3, 0.4) is 0 Å². The maximum absolute atomic E-state index is 11.9. The lowest BCUT2D eigenvalue weighted by atomic mass is 10.3. The molecule has 0 radical (unpaired) electrons. The van der Waals surface area contributed by atoms with Gasteiger partial charge in [0.15, 0.2) is 0 Å². The van der Waals surface area contributed by atoms with E-state index in [0.717, 1.165) is 6.42 Å². The Labute approximate surface area is 135 Å². The Bertz CT molecular complexity index is 659. The Morgan fingerprint density at radius 2 is 1.35 bits per heavy atom. The van der Waals surface area contributed by atoms with Crippen molar-refractivity contribution in [1.82, 2.24) is 5.32 Å². The Morgan fingerprint density at radius 1 is 0.783 bits per heavy atom. The second kappa shape index (κ2) is 8.43. The molecule has 4 amide bonds. The summed E-state index contributed by atoms with van der Waals surface area (Å²) in [6.07, 6.45) is 0.870. The lowest BCUT2D eigenvalue weighted by molar-refractivity contribution is 0.252. The highest BCUT2D eigenvalue weighted by Gasteiger charge is 2.05. The van der Waals surface area contributed by atoms with Crippen molar-refractivity contribution in [1.29, 1.82) is 0 Å². The summed E-state index contributed by atoms with van der Waals surface area (Å²) in [4.78, 5) is 23.6. The largest absolute Gasteiger partial charge is 0.338 e. The second-order valence-corrected chi connectivity index (χ2v) is 4.91. The third-order valence-corrected chi connectivity index (χ3v) is 2.95. The van der Waals surface area contributed by atoms with E-state index in [1.54, 1.807) is 36.4 Å². The number of anilines is 3. The van der Waals surface area contributed by atoms with Crippen molar-refractivity contribution in [3.63, 3.8) is 0 Å². The van der Waals surface area contributed by atoms with Crippen LogP contribution in [0.4, 0.5) is 26.7 Å². The van der Waals surface area contributed by atoms with Crippen LogP contribution in [0.5, 0.6) is 0 Å². The molecular formula is C17H20N4O2. The zero-order chi connectivity index (χ0) is 16.5. The van der Waals surface area contributed by atoms with Crippen molar-refractivity contribution in [2.75, 3.05) is 22.5 Å². The molecule has 0 aromatic heterocycles. The first-order valence-electron chi connectivity index (χ1n) is 7.45. The van der Waals surface area contributed by atoms with E-state index < -0.39 is 0 Å². The number of benzene rings is 2. The van der Waals surface area contributed by atoms with Crippen LogP contribution in [0.2, 0.25) is 0 Å². The standard InChI is InChI=1S/C17H20N4O2/c1-2-11-18-16(22)20-14-9-6-10-15(12-14)21-17(23)19-13-7-4-3-5-8-13/h3-10,12H,2,11H2,1H3,(H2,18,20,22)(H2,19,21,23). The molecule has 0 spiro atoms. The monoisotopic (exact) mass is 312 g/mol. The average molecular weight is 312 g/mol. The van der Waals surface area contributed by atoms with Crippen molar-refractivity contribution in [2.45, 2.75) is 13.3 Å². The van der Waals surface area contributed by atoms with Gasteiger partial charge in [0.05, 0.1) is 0 Å². The molecule has 0 aliphatic heterocycles. The first kappa shape index (κ1) is 16.4. The Balaban J connectivity index is 1.91. The molecule has 0 unspecified atom stereocenters. The van der Waals surface area contributed by atoms with Crippen LogP contribution < -0.4 is 21.3 Å². The van der Waals surface area contributed by atoms with Gasteiger partial charge in [0.25, 0.3) is 0 Å². The van der Waals surface area contributed by atoms with Crippen LogP contribution in [0, 0.1) is 0 Å². The molecule has 0 heterocycles. The SMILES string of the molecule is CCCNC(=O)Nc1cccc(NC(=O)Nc2ccccc2)c1. The van der Waals surface area contributed by atoms with Crippen LogP contribution in [0.1, 0.15) is 13.3 Å². The number of hydrogen-bond donors (Lipinski definition) is 4. The van der Waals surface area contributed by atoms with Gasteiger partial charge in [-0.05, 0) is 36.8 Å². The van der Waals surface area contributed by atoms with Crippen molar-refractivity contribution in [3.8, 4) is 0 Å². The minimum Gasteiger partial charge on any atom is -0.338 e. The minimum absolute atomic E-state index is 0.266. The molecule has 23 heavy (non-hydrogen) atoms. The fraction of sp³-hybridized carbons (Fsp3) is 0.176. The molecule has 0 saturated carbocycles. The van der Waals surface area contributed by atoms with Crippen LogP contribution in [0.15, 0.2) is 54.6 Å². The van der Waals surface area contributed by atoms with Crippen molar-refractivity contribution < 1.29 is 9.59 Å². The summed E-state index contributed by atoms with van der Waals surface area (Å²) in [7, 11) is 0. The van der Waals surface area contributed by atoms with Crippen LogP contribution in [0.25, 0.3) is 0 Å². The molecule has 0 aliphatic rings.